The molecule has 2 rings (SSSR count). The van der Waals surface area contributed by atoms with E-state index in [-0.39, 0.29) is 0 Å². The molecule has 1 aromatic carbocycles. The molecule has 2 atom stereocenters. The zero-order valence-corrected chi connectivity index (χ0v) is 15.6. The Labute approximate surface area is 148 Å². The predicted molar refractivity (Wildman–Crippen MR) is 108 cm³/mol. The van der Waals surface area contributed by atoms with Crippen LogP contribution in [0, 0.1) is 5.92 Å². The van der Waals surface area contributed by atoms with Gasteiger partial charge in [-0.2, -0.15) is 0 Å². The molecule has 0 radical (unpaired) electrons. The van der Waals surface area contributed by atoms with E-state index in [0.29, 0.717) is 11.8 Å². The van der Waals surface area contributed by atoms with Gasteiger partial charge in [0.2, 0.25) is 0 Å². The Balaban J connectivity index is 2.16. The topological polar surface area (TPSA) is 0 Å². The Bertz CT molecular complexity index is 642. The first-order chi connectivity index (χ1) is 11.6. The van der Waals surface area contributed by atoms with Crippen molar-refractivity contribution in [2.45, 2.75) is 58.8 Å². The average Bonchev–Trinajstić information content (AvgIpc) is 2.91. The van der Waals surface area contributed by atoms with E-state index in [9.17, 15) is 0 Å². The van der Waals surface area contributed by atoms with Gasteiger partial charge >= 0.3 is 0 Å². The first kappa shape index (κ1) is 18.5. The second-order valence-electron chi connectivity index (χ2n) is 6.94. The molecular weight excluding hydrogens is 288 g/mol. The van der Waals surface area contributed by atoms with E-state index >= 15 is 0 Å². The van der Waals surface area contributed by atoms with Gasteiger partial charge in [0.25, 0.3) is 0 Å². The molecule has 0 heteroatoms. The third kappa shape index (κ3) is 3.98. The normalized spacial score (nSPS) is 21.0. The summed E-state index contributed by atoms with van der Waals surface area (Å²) in [5.74, 6) is 1.13. The fraction of sp³-hybridized carbons (Fsp3) is 0.417. The molecule has 2 unspecified atom stereocenters. The quantitative estimate of drug-likeness (QED) is 0.436. The van der Waals surface area contributed by atoms with Crippen LogP contribution >= 0.6 is 0 Å². The Hall–Kier alpha value is -1.82. The minimum atomic E-state index is 0.493. The molecule has 0 aliphatic heterocycles. The van der Waals surface area contributed by atoms with E-state index in [0.717, 1.165) is 12.8 Å². The fourth-order valence-corrected chi connectivity index (χ4v) is 3.82. The van der Waals surface area contributed by atoms with Crippen LogP contribution in [0.15, 0.2) is 66.8 Å². The summed E-state index contributed by atoms with van der Waals surface area (Å²) in [7, 11) is 0. The Morgan fingerprint density at radius 2 is 2.04 bits per heavy atom. The molecule has 0 fully saturated rings. The van der Waals surface area contributed by atoms with Crippen LogP contribution in [0.3, 0.4) is 0 Å². The lowest BCUT2D eigenvalue weighted by atomic mass is 9.86. The van der Waals surface area contributed by atoms with Crippen LogP contribution in [0.25, 0.3) is 5.57 Å². The summed E-state index contributed by atoms with van der Waals surface area (Å²) in [5.41, 5.74) is 7.05. The van der Waals surface area contributed by atoms with Crippen molar-refractivity contribution in [3.05, 3.63) is 77.9 Å². The van der Waals surface area contributed by atoms with Crippen LogP contribution in [-0.4, -0.2) is 0 Å². The maximum Gasteiger partial charge on any atom is 0.0101 e. The number of benzene rings is 1. The zero-order chi connectivity index (χ0) is 17.5. The van der Waals surface area contributed by atoms with Gasteiger partial charge in [0.1, 0.15) is 0 Å². The number of allylic oxidation sites excluding steroid dienone is 6. The van der Waals surface area contributed by atoms with Crippen LogP contribution in [0.5, 0.6) is 0 Å². The number of fused-ring (bicyclic) bond motifs is 1. The Kier molecular flexibility index (Phi) is 6.85. The highest BCUT2D eigenvalue weighted by atomic mass is 14.3. The van der Waals surface area contributed by atoms with Crippen molar-refractivity contribution in [1.82, 2.24) is 0 Å². The third-order valence-electron chi connectivity index (χ3n) is 5.35. The summed E-state index contributed by atoms with van der Waals surface area (Å²) in [5, 5.41) is 0. The molecule has 0 heterocycles. The average molecular weight is 321 g/mol. The molecule has 0 N–H and O–H groups in total. The third-order valence-corrected chi connectivity index (χ3v) is 5.35. The molecule has 24 heavy (non-hydrogen) atoms. The number of unbranched alkanes of at least 4 members (excludes halogenated alkanes) is 1. The van der Waals surface area contributed by atoms with Gasteiger partial charge in [-0.3, -0.25) is 0 Å². The molecular formula is C24H32. The molecule has 1 aliphatic carbocycles. The summed E-state index contributed by atoms with van der Waals surface area (Å²) in [6.07, 6.45) is 12.5. The number of hydrogen-bond acceptors (Lipinski definition) is 0. The molecule has 0 nitrogen and oxygen atoms in total. The maximum absolute atomic E-state index is 4.38. The lowest BCUT2D eigenvalue weighted by molar-refractivity contribution is 0.544. The summed E-state index contributed by atoms with van der Waals surface area (Å²) >= 11 is 0. The van der Waals surface area contributed by atoms with E-state index in [4.69, 9.17) is 0 Å². The van der Waals surface area contributed by atoms with Crippen LogP contribution in [-0.2, 0) is 0 Å². The second kappa shape index (κ2) is 8.87. The molecule has 1 aliphatic rings. The second-order valence-corrected chi connectivity index (χ2v) is 6.94. The maximum atomic E-state index is 4.38. The van der Waals surface area contributed by atoms with Crippen molar-refractivity contribution in [1.29, 1.82) is 0 Å². The van der Waals surface area contributed by atoms with E-state index in [1.807, 2.05) is 6.08 Å². The van der Waals surface area contributed by atoms with Crippen molar-refractivity contribution < 1.29 is 0 Å². The molecule has 0 saturated heterocycles. The van der Waals surface area contributed by atoms with E-state index < -0.39 is 0 Å². The zero-order valence-electron chi connectivity index (χ0n) is 15.6. The van der Waals surface area contributed by atoms with Gasteiger partial charge in [-0.05, 0) is 54.4 Å². The lowest BCUT2D eigenvalue weighted by Crippen LogP contribution is -2.02. The van der Waals surface area contributed by atoms with E-state index in [1.165, 1.54) is 47.1 Å². The Morgan fingerprint density at radius 3 is 2.71 bits per heavy atom. The summed E-state index contributed by atoms with van der Waals surface area (Å²) in [6, 6.07) is 8.83. The smallest absolute Gasteiger partial charge is 0.0101 e. The minimum absolute atomic E-state index is 0.493. The fourth-order valence-electron chi connectivity index (χ4n) is 3.82. The summed E-state index contributed by atoms with van der Waals surface area (Å²) in [6.45, 7) is 15.0. The van der Waals surface area contributed by atoms with Crippen LogP contribution in [0.1, 0.15) is 69.9 Å². The molecule has 0 saturated carbocycles. The molecule has 0 amide bonds. The molecule has 0 spiro atoms. The van der Waals surface area contributed by atoms with E-state index in [1.54, 1.807) is 0 Å². The summed E-state index contributed by atoms with van der Waals surface area (Å²) in [4.78, 5) is 0. The monoisotopic (exact) mass is 320 g/mol. The standard InChI is InChI=1S/C24H32/c1-6-9-13-18(4)19(5)16-17-24-20(8-3)21(12-7-2)22-14-10-11-15-23(22)24/h7-8,10-12,14-15,18,24H,2,5-6,9,13,16-17H2,1,3-4H3/b20-8+,21-12+. The molecule has 1 aromatic rings. The first-order valence-corrected chi connectivity index (χ1v) is 9.40. The van der Waals surface area contributed by atoms with Gasteiger partial charge < -0.3 is 0 Å². The first-order valence-electron chi connectivity index (χ1n) is 9.40. The van der Waals surface area contributed by atoms with Crippen molar-refractivity contribution in [3.8, 4) is 0 Å². The highest BCUT2D eigenvalue weighted by Gasteiger charge is 2.30. The van der Waals surface area contributed by atoms with Gasteiger partial charge in [-0.1, -0.05) is 87.9 Å². The van der Waals surface area contributed by atoms with Crippen molar-refractivity contribution in [2.75, 3.05) is 0 Å². The number of rotatable bonds is 8. The Morgan fingerprint density at radius 1 is 1.29 bits per heavy atom. The van der Waals surface area contributed by atoms with Crippen LogP contribution in [0.2, 0.25) is 0 Å². The van der Waals surface area contributed by atoms with Gasteiger partial charge in [0.15, 0.2) is 0 Å². The van der Waals surface area contributed by atoms with Gasteiger partial charge in [0.05, 0.1) is 0 Å². The van der Waals surface area contributed by atoms with Crippen LogP contribution < -0.4 is 0 Å². The van der Waals surface area contributed by atoms with Crippen molar-refractivity contribution >= 4 is 5.57 Å². The highest BCUT2D eigenvalue weighted by molar-refractivity contribution is 5.88. The summed E-state index contributed by atoms with van der Waals surface area (Å²) < 4.78 is 0. The number of hydrogen-bond donors (Lipinski definition) is 0. The largest absolute Gasteiger partial charge is 0.0996 e. The van der Waals surface area contributed by atoms with Gasteiger partial charge in [0, 0.05) is 5.92 Å². The molecule has 0 aromatic heterocycles. The molecule has 128 valence electrons. The highest BCUT2D eigenvalue weighted by Crippen LogP contribution is 2.48. The van der Waals surface area contributed by atoms with Crippen molar-refractivity contribution in [3.63, 3.8) is 0 Å². The van der Waals surface area contributed by atoms with Crippen LogP contribution in [0.4, 0.5) is 0 Å². The SMILES string of the molecule is C=C/C=C1\C(=C/C)C(CCC(=C)C(C)CCCC)c2ccccc21. The predicted octanol–water partition coefficient (Wildman–Crippen LogP) is 7.46. The van der Waals surface area contributed by atoms with Gasteiger partial charge in [-0.15, -0.1) is 0 Å². The lowest BCUT2D eigenvalue weighted by Gasteiger charge is -2.18. The van der Waals surface area contributed by atoms with Crippen molar-refractivity contribution in [2.24, 2.45) is 5.92 Å². The molecule has 0 bridgehead atoms. The van der Waals surface area contributed by atoms with Gasteiger partial charge in [-0.25, -0.2) is 0 Å². The van der Waals surface area contributed by atoms with E-state index in [2.05, 4.69) is 70.3 Å². The minimum Gasteiger partial charge on any atom is -0.0996 e.